The van der Waals surface area contributed by atoms with Gasteiger partial charge in [-0.25, -0.2) is 4.98 Å². The number of fused-ring (bicyclic) bond motifs is 2. The molecule has 0 radical (unpaired) electrons. The Kier molecular flexibility index (Phi) is 9.25. The SMILES string of the molecule is [NH3+]C(Nc1ncc(-c2ccc3ccccc3c2)cc1-c1ccc2ccccc2c1)c1cccc(-c2ccc(P(c3ccccc3)c3ccccc3)cc2)c1. The van der Waals surface area contributed by atoms with Crippen LogP contribution in [0.15, 0.2) is 206 Å². The first-order valence-electron chi connectivity index (χ1n) is 18.3. The molecule has 1 unspecified atom stereocenters. The van der Waals surface area contributed by atoms with Crippen LogP contribution < -0.4 is 27.0 Å². The molecule has 9 rings (SSSR count). The maximum Gasteiger partial charge on any atom is 0.185 e. The van der Waals surface area contributed by atoms with E-state index in [-0.39, 0.29) is 6.17 Å². The highest BCUT2D eigenvalue weighted by Crippen LogP contribution is 2.36. The van der Waals surface area contributed by atoms with Crippen LogP contribution in [-0.4, -0.2) is 4.98 Å². The normalized spacial score (nSPS) is 11.9. The van der Waals surface area contributed by atoms with E-state index in [1.807, 2.05) is 6.20 Å². The van der Waals surface area contributed by atoms with E-state index in [0.29, 0.717) is 0 Å². The lowest BCUT2D eigenvalue weighted by Crippen LogP contribution is -2.57. The third-order valence-electron chi connectivity index (χ3n) is 10.1. The first-order chi connectivity index (χ1) is 26.7. The van der Waals surface area contributed by atoms with Crippen LogP contribution in [0.2, 0.25) is 0 Å². The quantitative estimate of drug-likeness (QED) is 0.116. The Morgan fingerprint density at radius 2 is 0.926 bits per heavy atom. The van der Waals surface area contributed by atoms with Crippen LogP contribution in [0, 0.1) is 0 Å². The molecule has 54 heavy (non-hydrogen) atoms. The summed E-state index contributed by atoms with van der Waals surface area (Å²) in [6, 6.07) is 72.0. The first-order valence-corrected chi connectivity index (χ1v) is 19.7. The van der Waals surface area contributed by atoms with Crippen molar-refractivity contribution >= 4 is 51.2 Å². The standard InChI is InChI=1S/C50H38N3P/c51-49(43-17-11-16-40(32-43)37-26-28-47(29-27-37)54(45-18-3-1-4-19-45)46-20-5-2-6-21-46)53-50-48(42-25-23-36-13-8-10-15-39(36)31-42)33-44(34-52-50)41-24-22-35-12-7-9-14-38(35)30-41/h1-34,49H,51H2,(H,52,53)/p+1. The molecule has 0 saturated heterocycles. The number of nitrogens with one attached hydrogen (secondary N) is 1. The fraction of sp³-hybridized carbons (Fsp3) is 0.0200. The number of anilines is 1. The van der Waals surface area contributed by atoms with Gasteiger partial charge < -0.3 is 11.1 Å². The third-order valence-corrected chi connectivity index (χ3v) is 12.6. The van der Waals surface area contributed by atoms with Gasteiger partial charge in [0.15, 0.2) is 6.17 Å². The zero-order chi connectivity index (χ0) is 36.3. The van der Waals surface area contributed by atoms with E-state index in [1.165, 1.54) is 43.0 Å². The molecule has 0 bridgehead atoms. The summed E-state index contributed by atoms with van der Waals surface area (Å²) in [5.41, 5.74) is 12.4. The Labute approximate surface area is 317 Å². The van der Waals surface area contributed by atoms with Gasteiger partial charge in [0.25, 0.3) is 0 Å². The number of rotatable bonds is 9. The van der Waals surface area contributed by atoms with E-state index in [1.54, 1.807) is 0 Å². The highest BCUT2D eigenvalue weighted by atomic mass is 31.1. The van der Waals surface area contributed by atoms with Gasteiger partial charge in [-0.3, -0.25) is 0 Å². The number of aromatic nitrogens is 1. The number of hydrogen-bond donors (Lipinski definition) is 2. The summed E-state index contributed by atoms with van der Waals surface area (Å²) in [5, 5.41) is 12.6. The molecule has 0 aliphatic rings. The van der Waals surface area contributed by atoms with E-state index in [4.69, 9.17) is 4.98 Å². The Hall–Kier alpha value is -6.38. The second-order valence-electron chi connectivity index (χ2n) is 13.6. The van der Waals surface area contributed by atoms with Gasteiger partial charge in [0.2, 0.25) is 0 Å². The molecular weight excluding hydrogens is 674 g/mol. The van der Waals surface area contributed by atoms with Gasteiger partial charge in [-0.15, -0.1) is 0 Å². The van der Waals surface area contributed by atoms with E-state index in [2.05, 4.69) is 211 Å². The van der Waals surface area contributed by atoms with Crippen molar-refractivity contribution in [2.24, 2.45) is 0 Å². The molecule has 0 aliphatic heterocycles. The van der Waals surface area contributed by atoms with Crippen LogP contribution in [0.1, 0.15) is 11.7 Å². The van der Waals surface area contributed by atoms with Crippen LogP contribution in [0.3, 0.4) is 0 Å². The Balaban J connectivity index is 1.03. The summed E-state index contributed by atoms with van der Waals surface area (Å²) < 4.78 is 0. The van der Waals surface area contributed by atoms with Crippen molar-refractivity contribution in [1.29, 1.82) is 0 Å². The fourth-order valence-corrected chi connectivity index (χ4v) is 9.55. The van der Waals surface area contributed by atoms with Crippen LogP contribution in [-0.2, 0) is 0 Å². The molecule has 0 aliphatic carbocycles. The Morgan fingerprint density at radius 3 is 1.57 bits per heavy atom. The minimum Gasteiger partial charge on any atom is -0.334 e. The van der Waals surface area contributed by atoms with Gasteiger partial charge in [0, 0.05) is 22.9 Å². The molecule has 0 spiro atoms. The average Bonchev–Trinajstić information content (AvgIpc) is 3.24. The Morgan fingerprint density at radius 1 is 0.407 bits per heavy atom. The topological polar surface area (TPSA) is 52.6 Å². The molecular formula is C50H39N3P+. The average molecular weight is 713 g/mol. The molecule has 258 valence electrons. The number of benzene rings is 8. The van der Waals surface area contributed by atoms with Crippen molar-refractivity contribution in [2.75, 3.05) is 5.32 Å². The molecule has 0 fully saturated rings. The van der Waals surface area contributed by atoms with Crippen molar-refractivity contribution in [3.63, 3.8) is 0 Å². The Bertz CT molecular complexity index is 2670. The van der Waals surface area contributed by atoms with Gasteiger partial charge in [-0.2, -0.15) is 0 Å². The van der Waals surface area contributed by atoms with Gasteiger partial charge in [0.05, 0.1) is 0 Å². The van der Waals surface area contributed by atoms with E-state index in [0.717, 1.165) is 39.2 Å². The zero-order valence-corrected chi connectivity index (χ0v) is 30.7. The second-order valence-corrected chi connectivity index (χ2v) is 15.8. The lowest BCUT2D eigenvalue weighted by atomic mass is 9.97. The lowest BCUT2D eigenvalue weighted by Gasteiger charge is -2.20. The summed E-state index contributed by atoms with van der Waals surface area (Å²) in [6.45, 7) is 0. The molecule has 0 amide bonds. The van der Waals surface area contributed by atoms with Crippen LogP contribution in [0.4, 0.5) is 5.82 Å². The third kappa shape index (κ3) is 6.91. The van der Waals surface area contributed by atoms with Gasteiger partial charge in [-0.1, -0.05) is 176 Å². The largest absolute Gasteiger partial charge is 0.334 e. The van der Waals surface area contributed by atoms with Crippen LogP contribution in [0.25, 0.3) is 54.9 Å². The van der Waals surface area contributed by atoms with Crippen molar-refractivity contribution in [2.45, 2.75) is 6.17 Å². The van der Waals surface area contributed by atoms with E-state index >= 15 is 0 Å². The van der Waals surface area contributed by atoms with Gasteiger partial charge >= 0.3 is 0 Å². The van der Waals surface area contributed by atoms with Crippen molar-refractivity contribution in [3.8, 4) is 33.4 Å². The van der Waals surface area contributed by atoms with Crippen molar-refractivity contribution in [3.05, 3.63) is 212 Å². The maximum atomic E-state index is 5.06. The van der Waals surface area contributed by atoms with Gasteiger partial charge in [-0.05, 0) is 91.9 Å². The zero-order valence-electron chi connectivity index (χ0n) is 29.8. The van der Waals surface area contributed by atoms with Crippen molar-refractivity contribution in [1.82, 2.24) is 4.98 Å². The molecule has 1 atom stereocenters. The van der Waals surface area contributed by atoms with E-state index in [9.17, 15) is 0 Å². The van der Waals surface area contributed by atoms with Crippen LogP contribution in [0.5, 0.6) is 0 Å². The number of nitrogens with zero attached hydrogens (tertiary/aromatic N) is 1. The lowest BCUT2D eigenvalue weighted by molar-refractivity contribution is -0.416. The molecule has 4 N–H and O–H groups in total. The summed E-state index contributed by atoms with van der Waals surface area (Å²) in [6.07, 6.45) is 1.74. The predicted octanol–water partition coefficient (Wildman–Crippen LogP) is 10.5. The summed E-state index contributed by atoms with van der Waals surface area (Å²) in [4.78, 5) is 5.06. The number of quaternary nitrogens is 1. The molecule has 1 aromatic heterocycles. The van der Waals surface area contributed by atoms with Crippen LogP contribution >= 0.6 is 7.92 Å². The number of hydrogen-bond acceptors (Lipinski definition) is 2. The van der Waals surface area contributed by atoms with Gasteiger partial charge in [0.1, 0.15) is 5.82 Å². The summed E-state index contributed by atoms with van der Waals surface area (Å²) in [5.74, 6) is 0.805. The highest BCUT2D eigenvalue weighted by molar-refractivity contribution is 7.79. The highest BCUT2D eigenvalue weighted by Gasteiger charge is 2.18. The number of pyridine rings is 1. The minimum atomic E-state index is -0.657. The predicted molar refractivity (Wildman–Crippen MR) is 230 cm³/mol. The summed E-state index contributed by atoms with van der Waals surface area (Å²) in [7, 11) is -0.657. The second kappa shape index (κ2) is 14.9. The monoisotopic (exact) mass is 712 g/mol. The smallest absolute Gasteiger partial charge is 0.185 e. The molecule has 9 aromatic rings. The molecule has 1 heterocycles. The molecule has 8 aromatic carbocycles. The fourth-order valence-electron chi connectivity index (χ4n) is 7.27. The molecule has 0 saturated carbocycles. The summed E-state index contributed by atoms with van der Waals surface area (Å²) >= 11 is 0. The van der Waals surface area contributed by atoms with Crippen molar-refractivity contribution < 1.29 is 5.73 Å². The molecule has 3 nitrogen and oxygen atoms in total. The maximum absolute atomic E-state index is 5.06. The first kappa shape index (κ1) is 33.5. The molecule has 4 heteroatoms. The minimum absolute atomic E-state index is 0.230. The van der Waals surface area contributed by atoms with E-state index < -0.39 is 7.92 Å².